The Morgan fingerprint density at radius 3 is 2.44 bits per heavy atom. The second-order valence-corrected chi connectivity index (χ2v) is 8.41. The summed E-state index contributed by atoms with van der Waals surface area (Å²) >= 11 is 6.05. The zero-order valence-electron chi connectivity index (χ0n) is 15.5. The maximum absolute atomic E-state index is 12.2. The zero-order chi connectivity index (χ0) is 20.0. The molecule has 0 radical (unpaired) electrons. The standard InChI is InChI=1S/C19H23ClN2O4S/c1-14-17(20)6-4-7-18(14)21-19(23)8-5-13-22(27(3,24)25)15-9-11-16(26-2)12-10-15/h4,6-7,9-12H,5,8,13H2,1-3H3,(H,21,23). The van der Waals surface area contributed by atoms with E-state index in [1.165, 1.54) is 4.31 Å². The van der Waals surface area contributed by atoms with Crippen molar-refractivity contribution < 1.29 is 17.9 Å². The molecule has 0 unspecified atom stereocenters. The third-order valence-electron chi connectivity index (χ3n) is 4.07. The molecule has 2 aromatic carbocycles. The van der Waals surface area contributed by atoms with Crippen molar-refractivity contribution in [2.45, 2.75) is 19.8 Å². The Morgan fingerprint density at radius 1 is 1.19 bits per heavy atom. The van der Waals surface area contributed by atoms with Gasteiger partial charge in [-0.1, -0.05) is 17.7 Å². The molecule has 0 aromatic heterocycles. The van der Waals surface area contributed by atoms with Crippen LogP contribution in [0.1, 0.15) is 18.4 Å². The van der Waals surface area contributed by atoms with Gasteiger partial charge in [0.1, 0.15) is 5.75 Å². The van der Waals surface area contributed by atoms with Crippen LogP contribution >= 0.6 is 11.6 Å². The lowest BCUT2D eigenvalue weighted by Crippen LogP contribution is -2.31. The van der Waals surface area contributed by atoms with Gasteiger partial charge in [-0.15, -0.1) is 0 Å². The van der Waals surface area contributed by atoms with E-state index in [9.17, 15) is 13.2 Å². The van der Waals surface area contributed by atoms with Crippen LogP contribution in [0.4, 0.5) is 11.4 Å². The highest BCUT2D eigenvalue weighted by molar-refractivity contribution is 7.92. The number of amides is 1. The number of benzene rings is 2. The van der Waals surface area contributed by atoms with E-state index in [1.54, 1.807) is 49.6 Å². The van der Waals surface area contributed by atoms with Gasteiger partial charge < -0.3 is 10.1 Å². The minimum atomic E-state index is -3.46. The fourth-order valence-corrected chi connectivity index (χ4v) is 3.71. The Bertz CT molecular complexity index is 898. The second-order valence-electron chi connectivity index (χ2n) is 6.10. The molecule has 6 nitrogen and oxygen atoms in total. The number of nitrogens with zero attached hydrogens (tertiary/aromatic N) is 1. The van der Waals surface area contributed by atoms with Crippen molar-refractivity contribution in [3.05, 3.63) is 53.1 Å². The van der Waals surface area contributed by atoms with Gasteiger partial charge in [0.25, 0.3) is 0 Å². The van der Waals surface area contributed by atoms with Crippen LogP contribution in [-0.2, 0) is 14.8 Å². The van der Waals surface area contributed by atoms with Crippen LogP contribution in [0.5, 0.6) is 5.75 Å². The van der Waals surface area contributed by atoms with Crippen LogP contribution in [0.25, 0.3) is 0 Å². The number of methoxy groups -OCH3 is 1. The molecule has 8 heteroatoms. The number of hydrogen-bond donors (Lipinski definition) is 1. The van der Waals surface area contributed by atoms with Crippen molar-refractivity contribution in [1.82, 2.24) is 0 Å². The summed E-state index contributed by atoms with van der Waals surface area (Å²) in [4.78, 5) is 12.2. The number of sulfonamides is 1. The van der Waals surface area contributed by atoms with Gasteiger partial charge in [0.2, 0.25) is 15.9 Å². The maximum atomic E-state index is 12.2. The molecule has 0 heterocycles. The predicted molar refractivity (Wildman–Crippen MR) is 109 cm³/mol. The first-order valence-electron chi connectivity index (χ1n) is 8.39. The minimum absolute atomic E-state index is 0.189. The van der Waals surface area contributed by atoms with Crippen LogP contribution < -0.4 is 14.4 Å². The Balaban J connectivity index is 1.99. The third kappa shape index (κ3) is 5.87. The number of carbonyl (C=O) groups excluding carboxylic acids is 1. The van der Waals surface area contributed by atoms with Crippen LogP contribution in [0, 0.1) is 6.92 Å². The molecule has 146 valence electrons. The number of carbonyl (C=O) groups is 1. The Labute approximate surface area is 165 Å². The topological polar surface area (TPSA) is 75.7 Å². The molecule has 0 aliphatic carbocycles. The number of hydrogen-bond acceptors (Lipinski definition) is 4. The number of ether oxygens (including phenoxy) is 1. The summed E-state index contributed by atoms with van der Waals surface area (Å²) < 4.78 is 30.6. The van der Waals surface area contributed by atoms with Crippen molar-refractivity contribution in [3.63, 3.8) is 0 Å². The summed E-state index contributed by atoms with van der Waals surface area (Å²) in [7, 11) is -1.92. The highest BCUT2D eigenvalue weighted by Crippen LogP contribution is 2.24. The molecule has 0 saturated heterocycles. The zero-order valence-corrected chi connectivity index (χ0v) is 17.1. The van der Waals surface area contributed by atoms with Crippen molar-refractivity contribution in [1.29, 1.82) is 0 Å². The molecule has 1 N–H and O–H groups in total. The molecule has 2 aromatic rings. The molecule has 27 heavy (non-hydrogen) atoms. The number of halogens is 1. The molecule has 0 spiro atoms. The van der Waals surface area contributed by atoms with Crippen LogP contribution in [0.3, 0.4) is 0 Å². The number of anilines is 2. The summed E-state index contributed by atoms with van der Waals surface area (Å²) in [5, 5.41) is 3.39. The highest BCUT2D eigenvalue weighted by Gasteiger charge is 2.18. The molecule has 2 rings (SSSR count). The average molecular weight is 411 g/mol. The van der Waals surface area contributed by atoms with E-state index >= 15 is 0 Å². The third-order valence-corrected chi connectivity index (χ3v) is 5.67. The van der Waals surface area contributed by atoms with E-state index in [0.29, 0.717) is 28.6 Å². The summed E-state index contributed by atoms with van der Waals surface area (Å²) in [5.41, 5.74) is 1.98. The van der Waals surface area contributed by atoms with Crippen LogP contribution in [-0.4, -0.2) is 34.2 Å². The quantitative estimate of drug-likeness (QED) is 0.717. The van der Waals surface area contributed by atoms with Gasteiger partial charge in [0.05, 0.1) is 19.1 Å². The van der Waals surface area contributed by atoms with Gasteiger partial charge >= 0.3 is 0 Å². The van der Waals surface area contributed by atoms with Gasteiger partial charge in [-0.3, -0.25) is 9.10 Å². The first-order valence-corrected chi connectivity index (χ1v) is 10.6. The molecule has 0 aliphatic heterocycles. The summed E-state index contributed by atoms with van der Waals surface area (Å²) in [5.74, 6) is 0.451. The lowest BCUT2D eigenvalue weighted by molar-refractivity contribution is -0.116. The van der Waals surface area contributed by atoms with E-state index in [1.807, 2.05) is 6.92 Å². The van der Waals surface area contributed by atoms with Crippen molar-refractivity contribution in [2.75, 3.05) is 29.5 Å². The van der Waals surface area contributed by atoms with E-state index < -0.39 is 10.0 Å². The van der Waals surface area contributed by atoms with Gasteiger partial charge in [0, 0.05) is 23.7 Å². The Hall–Kier alpha value is -2.25. The first kappa shape index (κ1) is 21.1. The van der Waals surface area contributed by atoms with Crippen LogP contribution in [0.2, 0.25) is 5.02 Å². The second kappa shape index (κ2) is 9.10. The molecular weight excluding hydrogens is 388 g/mol. The summed E-state index contributed by atoms with van der Waals surface area (Å²) in [6.07, 6.45) is 1.71. The molecule has 0 atom stereocenters. The molecule has 0 fully saturated rings. The van der Waals surface area contributed by atoms with Gasteiger partial charge in [0.15, 0.2) is 0 Å². The van der Waals surface area contributed by atoms with Gasteiger partial charge in [-0.25, -0.2) is 8.42 Å². The average Bonchev–Trinajstić information content (AvgIpc) is 2.62. The van der Waals surface area contributed by atoms with Crippen molar-refractivity contribution >= 4 is 38.9 Å². The SMILES string of the molecule is COc1ccc(N(CCCC(=O)Nc2cccc(Cl)c2C)S(C)(=O)=O)cc1. The monoisotopic (exact) mass is 410 g/mol. The van der Waals surface area contributed by atoms with E-state index in [0.717, 1.165) is 11.8 Å². The van der Waals surface area contributed by atoms with Crippen LogP contribution in [0.15, 0.2) is 42.5 Å². The van der Waals surface area contributed by atoms with Gasteiger partial charge in [-0.05, 0) is 55.3 Å². The molecule has 0 saturated carbocycles. The molecule has 1 amide bonds. The summed E-state index contributed by atoms with van der Waals surface area (Å²) in [6.45, 7) is 2.03. The molecule has 0 aliphatic rings. The highest BCUT2D eigenvalue weighted by atomic mass is 35.5. The lowest BCUT2D eigenvalue weighted by atomic mass is 10.2. The predicted octanol–water partition coefficient (Wildman–Crippen LogP) is 3.84. The number of nitrogens with one attached hydrogen (secondary N) is 1. The van der Waals surface area contributed by atoms with Gasteiger partial charge in [-0.2, -0.15) is 0 Å². The fraction of sp³-hybridized carbons (Fsp3) is 0.316. The lowest BCUT2D eigenvalue weighted by Gasteiger charge is -2.22. The summed E-state index contributed by atoms with van der Waals surface area (Å²) in [6, 6.07) is 12.0. The minimum Gasteiger partial charge on any atom is -0.497 e. The fourth-order valence-electron chi connectivity index (χ4n) is 2.57. The largest absolute Gasteiger partial charge is 0.497 e. The molecule has 0 bridgehead atoms. The van der Waals surface area contributed by atoms with E-state index in [2.05, 4.69) is 5.32 Å². The van der Waals surface area contributed by atoms with E-state index in [-0.39, 0.29) is 18.9 Å². The van der Waals surface area contributed by atoms with Crippen molar-refractivity contribution in [3.8, 4) is 5.75 Å². The van der Waals surface area contributed by atoms with Crippen molar-refractivity contribution in [2.24, 2.45) is 0 Å². The first-order chi connectivity index (χ1) is 12.7. The maximum Gasteiger partial charge on any atom is 0.232 e. The van der Waals surface area contributed by atoms with E-state index in [4.69, 9.17) is 16.3 Å². The number of rotatable bonds is 8. The normalized spacial score (nSPS) is 11.1. The Kier molecular flexibility index (Phi) is 7.10. The smallest absolute Gasteiger partial charge is 0.232 e. The molecular formula is C19H23ClN2O4S. The Morgan fingerprint density at radius 2 is 1.85 bits per heavy atom.